The maximum Gasteiger partial charge on any atom is 0.227 e. The number of rotatable bonds is 4. The molecule has 0 atom stereocenters. The Bertz CT molecular complexity index is 1290. The fourth-order valence-corrected chi connectivity index (χ4v) is 4.74. The second-order valence-electron chi connectivity index (χ2n) is 8.25. The number of carbonyl (C=O) groups is 1. The molecular weight excluding hydrogens is 384 g/mol. The molecule has 2 aromatic carbocycles. The molecule has 0 N–H and O–H groups in total. The van der Waals surface area contributed by atoms with Gasteiger partial charge in [0.25, 0.3) is 0 Å². The number of benzene rings is 2. The summed E-state index contributed by atoms with van der Waals surface area (Å²) in [5.41, 5.74) is 9.48. The van der Waals surface area contributed by atoms with Crippen molar-refractivity contribution in [3.63, 3.8) is 0 Å². The molecule has 156 valence electrons. The largest absolute Gasteiger partial charge is 0.312 e. The minimum Gasteiger partial charge on any atom is -0.312 e. The summed E-state index contributed by atoms with van der Waals surface area (Å²) in [6, 6.07) is 18.5. The van der Waals surface area contributed by atoms with Crippen LogP contribution in [0.3, 0.4) is 0 Å². The molecule has 0 radical (unpaired) electrons. The lowest BCUT2D eigenvalue weighted by Crippen LogP contribution is -2.29. The smallest absolute Gasteiger partial charge is 0.227 e. The maximum atomic E-state index is 13.0. The van der Waals surface area contributed by atoms with Crippen molar-refractivity contribution in [1.29, 1.82) is 0 Å². The van der Waals surface area contributed by atoms with Crippen LogP contribution < -0.4 is 4.90 Å². The van der Waals surface area contributed by atoms with E-state index in [1.807, 2.05) is 59.7 Å². The average molecular weight is 411 g/mol. The lowest BCUT2D eigenvalue weighted by atomic mass is 10.0. The predicted octanol–water partition coefficient (Wildman–Crippen LogP) is 4.84. The first-order valence-corrected chi connectivity index (χ1v) is 10.8. The predicted molar refractivity (Wildman–Crippen MR) is 123 cm³/mol. The average Bonchev–Trinajstić information content (AvgIpc) is 3.35. The molecule has 0 aliphatic carbocycles. The van der Waals surface area contributed by atoms with Crippen LogP contribution in [0, 0.1) is 20.8 Å². The van der Waals surface area contributed by atoms with E-state index in [1.54, 1.807) is 0 Å². The third kappa shape index (κ3) is 3.30. The summed E-state index contributed by atoms with van der Waals surface area (Å²) in [6.45, 7) is 6.91. The van der Waals surface area contributed by atoms with E-state index in [9.17, 15) is 4.79 Å². The normalized spacial score (nSPS) is 13.1. The topological polar surface area (TPSA) is 50.5 Å². The van der Waals surface area contributed by atoms with Crippen LogP contribution in [-0.2, 0) is 17.6 Å². The SMILES string of the molecule is Cc1nc2c(-c3ccccc3)c(C)nn2c(C)c1CCC(=O)N1CCc2ccccc21. The van der Waals surface area contributed by atoms with Crippen LogP contribution in [0.1, 0.15) is 34.6 Å². The Hall–Kier alpha value is -3.47. The van der Waals surface area contributed by atoms with Crippen LogP contribution in [0.15, 0.2) is 54.6 Å². The second kappa shape index (κ2) is 7.65. The highest BCUT2D eigenvalue weighted by Gasteiger charge is 2.25. The number of anilines is 1. The Balaban J connectivity index is 1.44. The number of hydrogen-bond donors (Lipinski definition) is 0. The molecule has 5 heteroatoms. The van der Waals surface area contributed by atoms with Crippen molar-refractivity contribution in [3.05, 3.63) is 82.8 Å². The van der Waals surface area contributed by atoms with Crippen LogP contribution >= 0.6 is 0 Å². The lowest BCUT2D eigenvalue weighted by molar-refractivity contribution is -0.118. The molecule has 1 aliphatic heterocycles. The molecule has 1 amide bonds. The van der Waals surface area contributed by atoms with Gasteiger partial charge in [0.15, 0.2) is 5.65 Å². The molecule has 5 rings (SSSR count). The van der Waals surface area contributed by atoms with Crippen molar-refractivity contribution in [2.45, 2.75) is 40.0 Å². The monoisotopic (exact) mass is 410 g/mol. The number of fused-ring (bicyclic) bond motifs is 2. The van der Waals surface area contributed by atoms with Gasteiger partial charge in [-0.25, -0.2) is 9.50 Å². The van der Waals surface area contributed by atoms with Crippen LogP contribution in [0.5, 0.6) is 0 Å². The van der Waals surface area contributed by atoms with E-state index in [-0.39, 0.29) is 5.91 Å². The van der Waals surface area contributed by atoms with Crippen molar-refractivity contribution < 1.29 is 4.79 Å². The fraction of sp³-hybridized carbons (Fsp3) is 0.269. The van der Waals surface area contributed by atoms with Gasteiger partial charge < -0.3 is 4.90 Å². The van der Waals surface area contributed by atoms with Gasteiger partial charge in [0.2, 0.25) is 5.91 Å². The van der Waals surface area contributed by atoms with Gasteiger partial charge in [0, 0.05) is 35.6 Å². The lowest BCUT2D eigenvalue weighted by Gasteiger charge is -2.18. The zero-order valence-electron chi connectivity index (χ0n) is 18.2. The third-order valence-electron chi connectivity index (χ3n) is 6.34. The third-order valence-corrected chi connectivity index (χ3v) is 6.34. The van der Waals surface area contributed by atoms with Crippen LogP contribution in [0.2, 0.25) is 0 Å². The van der Waals surface area contributed by atoms with Gasteiger partial charge in [0.1, 0.15) is 0 Å². The van der Waals surface area contributed by atoms with E-state index in [1.165, 1.54) is 5.56 Å². The number of aromatic nitrogens is 3. The van der Waals surface area contributed by atoms with E-state index in [0.29, 0.717) is 12.8 Å². The van der Waals surface area contributed by atoms with E-state index < -0.39 is 0 Å². The molecular formula is C26H26N4O. The molecule has 0 spiro atoms. The van der Waals surface area contributed by atoms with E-state index >= 15 is 0 Å². The van der Waals surface area contributed by atoms with Gasteiger partial charge in [-0.1, -0.05) is 48.5 Å². The van der Waals surface area contributed by atoms with E-state index in [2.05, 4.69) is 25.1 Å². The highest BCUT2D eigenvalue weighted by atomic mass is 16.2. The Morgan fingerprint density at radius 1 is 0.968 bits per heavy atom. The number of hydrogen-bond acceptors (Lipinski definition) is 3. The summed E-state index contributed by atoms with van der Waals surface area (Å²) >= 11 is 0. The molecule has 4 aromatic rings. The molecule has 31 heavy (non-hydrogen) atoms. The quantitative estimate of drug-likeness (QED) is 0.484. The number of para-hydroxylation sites is 1. The van der Waals surface area contributed by atoms with Gasteiger partial charge >= 0.3 is 0 Å². The molecule has 0 saturated heterocycles. The molecule has 2 aromatic heterocycles. The van der Waals surface area contributed by atoms with E-state index in [0.717, 1.165) is 58.1 Å². The summed E-state index contributed by atoms with van der Waals surface area (Å²) in [7, 11) is 0. The highest BCUT2D eigenvalue weighted by molar-refractivity contribution is 5.95. The number of aryl methyl sites for hydroxylation is 3. The molecule has 0 fully saturated rings. The zero-order chi connectivity index (χ0) is 21.5. The number of amides is 1. The van der Waals surface area contributed by atoms with Crippen molar-refractivity contribution in [2.24, 2.45) is 0 Å². The van der Waals surface area contributed by atoms with Crippen LogP contribution in [-0.4, -0.2) is 27.0 Å². The van der Waals surface area contributed by atoms with Gasteiger partial charge in [0.05, 0.1) is 5.69 Å². The Labute approximate surface area is 182 Å². The molecule has 5 nitrogen and oxygen atoms in total. The molecule has 1 aliphatic rings. The van der Waals surface area contributed by atoms with Gasteiger partial charge in [-0.3, -0.25) is 4.79 Å². The molecule has 0 unspecified atom stereocenters. The minimum absolute atomic E-state index is 0.172. The summed E-state index contributed by atoms with van der Waals surface area (Å²) in [4.78, 5) is 19.8. The Morgan fingerprint density at radius 2 is 1.71 bits per heavy atom. The first-order valence-electron chi connectivity index (χ1n) is 10.8. The zero-order valence-corrected chi connectivity index (χ0v) is 18.2. The minimum atomic E-state index is 0.172. The van der Waals surface area contributed by atoms with Crippen molar-refractivity contribution in [1.82, 2.24) is 14.6 Å². The number of carbonyl (C=O) groups excluding carboxylic acids is 1. The van der Waals surface area contributed by atoms with Crippen LogP contribution in [0.25, 0.3) is 16.8 Å². The van der Waals surface area contributed by atoms with Gasteiger partial charge in [-0.2, -0.15) is 5.10 Å². The van der Waals surface area contributed by atoms with Gasteiger partial charge in [-0.05, 0) is 56.4 Å². The number of nitrogens with zero attached hydrogens (tertiary/aromatic N) is 4. The van der Waals surface area contributed by atoms with Gasteiger partial charge in [-0.15, -0.1) is 0 Å². The summed E-state index contributed by atoms with van der Waals surface area (Å²) < 4.78 is 1.94. The van der Waals surface area contributed by atoms with Crippen LogP contribution in [0.4, 0.5) is 5.69 Å². The first kappa shape index (κ1) is 19.5. The fourth-order valence-electron chi connectivity index (χ4n) is 4.74. The summed E-state index contributed by atoms with van der Waals surface area (Å²) in [6.07, 6.45) is 2.06. The standard InChI is InChI=1S/C26H26N4O/c1-17-22(13-14-24(31)29-16-15-20-9-7-8-12-23(20)29)19(3)30-26(27-17)25(18(2)28-30)21-10-5-4-6-11-21/h4-12H,13-16H2,1-3H3. The molecule has 0 bridgehead atoms. The highest BCUT2D eigenvalue weighted by Crippen LogP contribution is 2.30. The van der Waals surface area contributed by atoms with Crippen molar-refractivity contribution >= 4 is 17.2 Å². The molecule has 0 saturated carbocycles. The summed E-state index contributed by atoms with van der Waals surface area (Å²) in [5, 5.41) is 4.78. The second-order valence-corrected chi connectivity index (χ2v) is 8.25. The maximum absolute atomic E-state index is 13.0. The Kier molecular flexibility index (Phi) is 4.81. The van der Waals surface area contributed by atoms with Crippen molar-refractivity contribution in [3.8, 4) is 11.1 Å². The Morgan fingerprint density at radius 3 is 2.52 bits per heavy atom. The summed E-state index contributed by atoms with van der Waals surface area (Å²) in [5.74, 6) is 0.172. The van der Waals surface area contributed by atoms with Crippen molar-refractivity contribution in [2.75, 3.05) is 11.4 Å². The first-order chi connectivity index (χ1) is 15.0. The molecule has 3 heterocycles. The van der Waals surface area contributed by atoms with E-state index in [4.69, 9.17) is 10.1 Å².